The van der Waals surface area contributed by atoms with Crippen LogP contribution in [-0.4, -0.2) is 25.2 Å². The summed E-state index contributed by atoms with van der Waals surface area (Å²) in [7, 11) is 1.85. The molecular formula is C25H19F3N6O2. The molecule has 0 bridgehead atoms. The lowest BCUT2D eigenvalue weighted by atomic mass is 10.1. The van der Waals surface area contributed by atoms with Gasteiger partial charge >= 0.3 is 6.18 Å². The van der Waals surface area contributed by atoms with Gasteiger partial charge in [0.2, 0.25) is 5.91 Å². The molecule has 0 saturated carbocycles. The fourth-order valence-electron chi connectivity index (χ4n) is 3.97. The first kappa shape index (κ1) is 23.1. The first-order valence-electron chi connectivity index (χ1n) is 10.8. The number of nitrogens with one attached hydrogen (secondary N) is 2. The van der Waals surface area contributed by atoms with E-state index in [1.54, 1.807) is 29.1 Å². The van der Waals surface area contributed by atoms with E-state index in [0.29, 0.717) is 22.7 Å². The van der Waals surface area contributed by atoms with Gasteiger partial charge in [0.25, 0.3) is 5.56 Å². The predicted octanol–water partition coefficient (Wildman–Crippen LogP) is 4.68. The third-order valence-electron chi connectivity index (χ3n) is 5.69. The van der Waals surface area contributed by atoms with Gasteiger partial charge < -0.3 is 15.2 Å². The largest absolute Gasteiger partial charge is 0.417 e. The maximum atomic E-state index is 13.3. The molecule has 0 spiro atoms. The number of aromatic nitrogens is 4. The number of amides is 1. The monoisotopic (exact) mass is 492 g/mol. The lowest BCUT2D eigenvalue weighted by molar-refractivity contribution is -0.137. The maximum Gasteiger partial charge on any atom is 0.417 e. The molecule has 2 aromatic carbocycles. The van der Waals surface area contributed by atoms with Gasteiger partial charge in [0.1, 0.15) is 6.54 Å². The summed E-state index contributed by atoms with van der Waals surface area (Å²) < 4.78 is 41.7. The van der Waals surface area contributed by atoms with Crippen molar-refractivity contribution in [1.82, 2.24) is 19.3 Å². The molecule has 0 fully saturated rings. The number of pyridine rings is 2. The number of rotatable bonds is 5. The van der Waals surface area contributed by atoms with E-state index in [-0.39, 0.29) is 12.2 Å². The van der Waals surface area contributed by atoms with Gasteiger partial charge in [-0.05, 0) is 41.8 Å². The first-order chi connectivity index (χ1) is 17.2. The summed E-state index contributed by atoms with van der Waals surface area (Å²) >= 11 is 0. The SMILES string of the molecule is Cn1ncc2cc(Nc3cccc4ccn(CC(=O)Nc5cncc(C(F)(F)F)c5)c(=O)c34)ccc21. The Morgan fingerprint density at radius 2 is 1.83 bits per heavy atom. The van der Waals surface area contributed by atoms with Gasteiger partial charge in [0, 0.05) is 30.5 Å². The second kappa shape index (κ2) is 8.84. The highest BCUT2D eigenvalue weighted by molar-refractivity contribution is 5.96. The zero-order valence-electron chi connectivity index (χ0n) is 18.9. The van der Waals surface area contributed by atoms with E-state index in [4.69, 9.17) is 0 Å². The van der Waals surface area contributed by atoms with E-state index < -0.39 is 23.2 Å². The van der Waals surface area contributed by atoms with Crippen LogP contribution in [-0.2, 0) is 24.6 Å². The van der Waals surface area contributed by atoms with Crippen LogP contribution in [0.4, 0.5) is 30.2 Å². The van der Waals surface area contributed by atoms with E-state index in [1.165, 1.54) is 10.8 Å². The zero-order valence-corrected chi connectivity index (χ0v) is 18.9. The van der Waals surface area contributed by atoms with Crippen molar-refractivity contribution < 1.29 is 18.0 Å². The van der Waals surface area contributed by atoms with Crippen molar-refractivity contribution in [2.45, 2.75) is 12.7 Å². The normalized spacial score (nSPS) is 11.7. The van der Waals surface area contributed by atoms with Crippen LogP contribution in [0.1, 0.15) is 5.56 Å². The number of anilines is 3. The summed E-state index contributed by atoms with van der Waals surface area (Å²) in [5.41, 5.74) is 0.753. The van der Waals surface area contributed by atoms with Gasteiger partial charge in [-0.2, -0.15) is 18.3 Å². The molecule has 3 heterocycles. The van der Waals surface area contributed by atoms with Crippen LogP contribution in [0.2, 0.25) is 0 Å². The Bertz CT molecular complexity index is 1670. The fraction of sp³-hybridized carbons (Fsp3) is 0.120. The highest BCUT2D eigenvalue weighted by atomic mass is 19.4. The summed E-state index contributed by atoms with van der Waals surface area (Å²) in [5.74, 6) is -0.662. The Labute approximate surface area is 202 Å². The molecule has 182 valence electrons. The summed E-state index contributed by atoms with van der Waals surface area (Å²) in [6.45, 7) is -0.388. The quantitative estimate of drug-likeness (QED) is 0.372. The summed E-state index contributed by atoms with van der Waals surface area (Å²) in [5, 5.41) is 11.8. The molecule has 1 amide bonds. The fourth-order valence-corrected chi connectivity index (χ4v) is 3.97. The maximum absolute atomic E-state index is 13.3. The highest BCUT2D eigenvalue weighted by Crippen LogP contribution is 2.30. The van der Waals surface area contributed by atoms with Crippen LogP contribution in [0.5, 0.6) is 0 Å². The Hall–Kier alpha value is -4.67. The van der Waals surface area contributed by atoms with E-state index in [0.717, 1.165) is 28.9 Å². The molecule has 0 aliphatic heterocycles. The third-order valence-corrected chi connectivity index (χ3v) is 5.69. The molecule has 0 radical (unpaired) electrons. The molecule has 11 heteroatoms. The Balaban J connectivity index is 1.42. The highest BCUT2D eigenvalue weighted by Gasteiger charge is 2.31. The number of benzene rings is 2. The molecule has 0 unspecified atom stereocenters. The van der Waals surface area contributed by atoms with Gasteiger partial charge in [-0.15, -0.1) is 0 Å². The minimum absolute atomic E-state index is 0.114. The Kier molecular flexibility index (Phi) is 5.67. The summed E-state index contributed by atoms with van der Waals surface area (Å²) in [6, 6.07) is 13.5. The van der Waals surface area contributed by atoms with Crippen molar-refractivity contribution >= 4 is 44.6 Å². The van der Waals surface area contributed by atoms with Gasteiger partial charge in [0.05, 0.1) is 40.2 Å². The number of alkyl halides is 3. The molecule has 8 nitrogen and oxygen atoms in total. The smallest absolute Gasteiger partial charge is 0.355 e. The van der Waals surface area contributed by atoms with E-state index >= 15 is 0 Å². The van der Waals surface area contributed by atoms with Crippen molar-refractivity contribution in [2.24, 2.45) is 7.05 Å². The molecule has 36 heavy (non-hydrogen) atoms. The van der Waals surface area contributed by atoms with Crippen LogP contribution < -0.4 is 16.2 Å². The van der Waals surface area contributed by atoms with E-state index in [9.17, 15) is 22.8 Å². The van der Waals surface area contributed by atoms with Gasteiger partial charge in [-0.3, -0.25) is 19.3 Å². The number of halogens is 3. The van der Waals surface area contributed by atoms with Crippen LogP contribution in [0.3, 0.4) is 0 Å². The minimum Gasteiger partial charge on any atom is -0.355 e. The molecule has 0 aliphatic rings. The molecular weight excluding hydrogens is 473 g/mol. The number of hydrogen-bond acceptors (Lipinski definition) is 5. The number of carbonyl (C=O) groups is 1. The number of hydrogen-bond donors (Lipinski definition) is 2. The van der Waals surface area contributed by atoms with Crippen LogP contribution >= 0.6 is 0 Å². The second-order valence-electron chi connectivity index (χ2n) is 8.19. The minimum atomic E-state index is -4.59. The van der Waals surface area contributed by atoms with Crippen molar-refractivity contribution in [1.29, 1.82) is 0 Å². The zero-order chi connectivity index (χ0) is 25.4. The Morgan fingerprint density at radius 1 is 1.00 bits per heavy atom. The molecule has 5 rings (SSSR count). The lowest BCUT2D eigenvalue weighted by Crippen LogP contribution is -2.27. The first-order valence-corrected chi connectivity index (χ1v) is 10.8. The molecule has 0 saturated heterocycles. The number of carbonyl (C=O) groups excluding carboxylic acids is 1. The molecule has 0 atom stereocenters. The topological polar surface area (TPSA) is 93.8 Å². The van der Waals surface area contributed by atoms with Crippen molar-refractivity contribution in [3.63, 3.8) is 0 Å². The lowest BCUT2D eigenvalue weighted by Gasteiger charge is -2.13. The average Bonchev–Trinajstić information content (AvgIpc) is 3.20. The van der Waals surface area contributed by atoms with Gasteiger partial charge in [0.15, 0.2) is 0 Å². The van der Waals surface area contributed by atoms with E-state index in [2.05, 4.69) is 20.7 Å². The van der Waals surface area contributed by atoms with Crippen molar-refractivity contribution in [3.05, 3.63) is 89.2 Å². The molecule has 5 aromatic rings. The van der Waals surface area contributed by atoms with Crippen LogP contribution in [0.15, 0.2) is 78.1 Å². The molecule has 3 aromatic heterocycles. The van der Waals surface area contributed by atoms with E-state index in [1.807, 2.05) is 31.3 Å². The van der Waals surface area contributed by atoms with Crippen LogP contribution in [0.25, 0.3) is 21.7 Å². The Morgan fingerprint density at radius 3 is 2.64 bits per heavy atom. The van der Waals surface area contributed by atoms with Crippen molar-refractivity contribution in [2.75, 3.05) is 10.6 Å². The molecule has 0 aliphatic carbocycles. The number of aryl methyl sites for hydroxylation is 1. The number of nitrogens with zero attached hydrogens (tertiary/aromatic N) is 4. The molecule has 2 N–H and O–H groups in total. The third kappa shape index (κ3) is 4.50. The predicted molar refractivity (Wildman–Crippen MR) is 130 cm³/mol. The number of fused-ring (bicyclic) bond motifs is 2. The van der Waals surface area contributed by atoms with Crippen molar-refractivity contribution in [3.8, 4) is 0 Å². The second-order valence-corrected chi connectivity index (χ2v) is 8.19. The average molecular weight is 492 g/mol. The van der Waals surface area contributed by atoms with Crippen LogP contribution in [0, 0.1) is 0 Å². The summed E-state index contributed by atoms with van der Waals surface area (Å²) in [4.78, 5) is 29.4. The van der Waals surface area contributed by atoms with Gasteiger partial charge in [-0.25, -0.2) is 0 Å². The summed E-state index contributed by atoms with van der Waals surface area (Å²) in [6.07, 6.45) is 0.407. The standard InChI is InChI=1S/C25H19F3N6O2/c1-33-21-6-5-18(9-16(21)11-30-33)31-20-4-2-3-15-7-8-34(24(36)23(15)20)14-22(35)32-19-10-17(12-29-13-19)25(26,27)28/h2-13,31H,14H2,1H3,(H,32,35). The van der Waals surface area contributed by atoms with Gasteiger partial charge in [-0.1, -0.05) is 12.1 Å².